The van der Waals surface area contributed by atoms with Crippen LogP contribution in [0.5, 0.6) is 5.75 Å². The molecular weight excluding hydrogens is 246 g/mol. The summed E-state index contributed by atoms with van der Waals surface area (Å²) in [5.41, 5.74) is 0.858. The molecule has 1 fully saturated rings. The van der Waals surface area contributed by atoms with Gasteiger partial charge in [0.25, 0.3) is 0 Å². The lowest BCUT2D eigenvalue weighted by molar-refractivity contribution is -0.117. The molecule has 1 aromatic heterocycles. The molecule has 19 heavy (non-hydrogen) atoms. The van der Waals surface area contributed by atoms with Crippen molar-refractivity contribution in [1.29, 1.82) is 0 Å². The Morgan fingerprint density at radius 3 is 2.79 bits per heavy atom. The van der Waals surface area contributed by atoms with Crippen molar-refractivity contribution in [3.63, 3.8) is 0 Å². The maximum absolute atomic E-state index is 12.0. The van der Waals surface area contributed by atoms with Gasteiger partial charge in [-0.05, 0) is 24.3 Å². The highest BCUT2D eigenvalue weighted by molar-refractivity contribution is 5.96. The molecule has 1 aromatic carbocycles. The van der Waals surface area contributed by atoms with Crippen LogP contribution in [0.3, 0.4) is 0 Å². The SMILES string of the molecule is COc1ccc(N2CC(c3ncon3)CC2=O)cc1. The van der Waals surface area contributed by atoms with Gasteiger partial charge in [0, 0.05) is 24.6 Å². The zero-order chi connectivity index (χ0) is 13.2. The fourth-order valence-corrected chi connectivity index (χ4v) is 2.25. The van der Waals surface area contributed by atoms with E-state index in [1.807, 2.05) is 24.3 Å². The molecule has 1 atom stereocenters. The van der Waals surface area contributed by atoms with Crippen LogP contribution in [-0.4, -0.2) is 29.7 Å². The summed E-state index contributed by atoms with van der Waals surface area (Å²) in [5, 5.41) is 3.80. The van der Waals surface area contributed by atoms with E-state index in [1.54, 1.807) is 12.0 Å². The standard InChI is InChI=1S/C13H13N3O3/c1-18-11-4-2-10(3-5-11)16-7-9(6-12(16)17)13-14-8-19-15-13/h2-5,8-9H,6-7H2,1H3. The van der Waals surface area contributed by atoms with Crippen molar-refractivity contribution in [3.8, 4) is 5.75 Å². The summed E-state index contributed by atoms with van der Waals surface area (Å²) in [4.78, 5) is 17.8. The van der Waals surface area contributed by atoms with Crippen LogP contribution >= 0.6 is 0 Å². The number of benzene rings is 1. The minimum atomic E-state index is -0.00616. The van der Waals surface area contributed by atoms with Crippen molar-refractivity contribution in [2.24, 2.45) is 0 Å². The Bertz CT molecular complexity index is 565. The number of carbonyl (C=O) groups is 1. The number of anilines is 1. The summed E-state index contributed by atoms with van der Waals surface area (Å²) < 4.78 is 9.83. The Morgan fingerprint density at radius 1 is 1.37 bits per heavy atom. The van der Waals surface area contributed by atoms with Crippen molar-refractivity contribution in [2.75, 3.05) is 18.6 Å². The third-order valence-corrected chi connectivity index (χ3v) is 3.25. The molecule has 3 rings (SSSR count). The molecule has 1 aliphatic rings. The topological polar surface area (TPSA) is 68.5 Å². The Morgan fingerprint density at radius 2 is 2.16 bits per heavy atom. The fraction of sp³-hybridized carbons (Fsp3) is 0.308. The summed E-state index contributed by atoms with van der Waals surface area (Å²) in [7, 11) is 1.61. The molecule has 1 unspecified atom stereocenters. The maximum Gasteiger partial charge on any atom is 0.227 e. The maximum atomic E-state index is 12.0. The van der Waals surface area contributed by atoms with Crippen LogP contribution in [0.4, 0.5) is 5.69 Å². The van der Waals surface area contributed by atoms with E-state index in [-0.39, 0.29) is 11.8 Å². The molecule has 0 N–H and O–H groups in total. The molecule has 2 aromatic rings. The summed E-state index contributed by atoms with van der Waals surface area (Å²) in [6, 6.07) is 7.42. The summed E-state index contributed by atoms with van der Waals surface area (Å²) in [5.74, 6) is 1.42. The average molecular weight is 259 g/mol. The minimum Gasteiger partial charge on any atom is -0.497 e. The summed E-state index contributed by atoms with van der Waals surface area (Å²) in [6.45, 7) is 0.574. The first-order valence-corrected chi connectivity index (χ1v) is 5.98. The first-order chi connectivity index (χ1) is 9.28. The third-order valence-electron chi connectivity index (χ3n) is 3.25. The first-order valence-electron chi connectivity index (χ1n) is 5.98. The molecular formula is C13H13N3O3. The van der Waals surface area contributed by atoms with E-state index >= 15 is 0 Å². The molecule has 1 aliphatic heterocycles. The van der Waals surface area contributed by atoms with E-state index in [2.05, 4.69) is 10.1 Å². The van der Waals surface area contributed by atoms with Crippen LogP contribution in [0.25, 0.3) is 0 Å². The van der Waals surface area contributed by atoms with Crippen LogP contribution in [0.2, 0.25) is 0 Å². The largest absolute Gasteiger partial charge is 0.497 e. The number of hydrogen-bond donors (Lipinski definition) is 0. The first kappa shape index (κ1) is 11.7. The van der Waals surface area contributed by atoms with E-state index in [0.717, 1.165) is 11.4 Å². The molecule has 6 nitrogen and oxygen atoms in total. The molecule has 98 valence electrons. The molecule has 0 bridgehead atoms. The summed E-state index contributed by atoms with van der Waals surface area (Å²) in [6.07, 6.45) is 1.70. The lowest BCUT2D eigenvalue weighted by Crippen LogP contribution is -2.24. The quantitative estimate of drug-likeness (QED) is 0.837. The van der Waals surface area contributed by atoms with Gasteiger partial charge in [0.1, 0.15) is 5.75 Å². The average Bonchev–Trinajstić information content (AvgIpc) is 3.08. The van der Waals surface area contributed by atoms with Crippen molar-refractivity contribution < 1.29 is 14.1 Å². The van der Waals surface area contributed by atoms with Gasteiger partial charge in [-0.3, -0.25) is 4.79 Å². The van der Waals surface area contributed by atoms with E-state index in [0.29, 0.717) is 18.8 Å². The molecule has 1 amide bonds. The molecule has 1 saturated heterocycles. The van der Waals surface area contributed by atoms with Gasteiger partial charge < -0.3 is 14.2 Å². The van der Waals surface area contributed by atoms with E-state index in [4.69, 9.17) is 9.26 Å². The van der Waals surface area contributed by atoms with Gasteiger partial charge in [-0.2, -0.15) is 4.98 Å². The second kappa shape index (κ2) is 4.72. The van der Waals surface area contributed by atoms with Gasteiger partial charge in [-0.1, -0.05) is 5.16 Å². The van der Waals surface area contributed by atoms with Crippen molar-refractivity contribution in [3.05, 3.63) is 36.5 Å². The number of amides is 1. The zero-order valence-electron chi connectivity index (χ0n) is 10.4. The van der Waals surface area contributed by atoms with Gasteiger partial charge in [-0.25, -0.2) is 0 Å². The number of carbonyl (C=O) groups excluding carboxylic acids is 1. The van der Waals surface area contributed by atoms with Crippen molar-refractivity contribution in [1.82, 2.24) is 10.1 Å². The van der Waals surface area contributed by atoms with Gasteiger partial charge in [0.2, 0.25) is 12.3 Å². The van der Waals surface area contributed by atoms with Crippen LogP contribution < -0.4 is 9.64 Å². The zero-order valence-corrected chi connectivity index (χ0v) is 10.4. The number of methoxy groups -OCH3 is 1. The van der Waals surface area contributed by atoms with Crippen LogP contribution in [0.1, 0.15) is 18.2 Å². The third kappa shape index (κ3) is 2.16. The van der Waals surface area contributed by atoms with Gasteiger partial charge in [-0.15, -0.1) is 0 Å². The molecule has 0 aliphatic carbocycles. The number of ether oxygens (including phenoxy) is 1. The Balaban J connectivity index is 1.79. The van der Waals surface area contributed by atoms with E-state index in [1.165, 1.54) is 6.39 Å². The molecule has 2 heterocycles. The van der Waals surface area contributed by atoms with Gasteiger partial charge >= 0.3 is 0 Å². The monoisotopic (exact) mass is 259 g/mol. The second-order valence-electron chi connectivity index (χ2n) is 4.39. The van der Waals surface area contributed by atoms with Crippen molar-refractivity contribution in [2.45, 2.75) is 12.3 Å². The highest BCUT2D eigenvalue weighted by atomic mass is 16.5. The van der Waals surface area contributed by atoms with Crippen LogP contribution in [0, 0.1) is 0 Å². The Hall–Kier alpha value is -2.37. The molecule has 0 saturated carbocycles. The number of nitrogens with zero attached hydrogens (tertiary/aromatic N) is 3. The Kier molecular flexibility index (Phi) is 2.91. The van der Waals surface area contributed by atoms with E-state index < -0.39 is 0 Å². The van der Waals surface area contributed by atoms with Gasteiger partial charge in [0.15, 0.2) is 5.82 Å². The van der Waals surface area contributed by atoms with Crippen LogP contribution in [0.15, 0.2) is 35.2 Å². The summed E-state index contributed by atoms with van der Waals surface area (Å²) >= 11 is 0. The number of rotatable bonds is 3. The number of hydrogen-bond acceptors (Lipinski definition) is 5. The molecule has 0 spiro atoms. The Labute approximate surface area is 110 Å². The van der Waals surface area contributed by atoms with Crippen LogP contribution in [-0.2, 0) is 4.79 Å². The normalized spacial score (nSPS) is 18.9. The predicted octanol–water partition coefficient (Wildman–Crippen LogP) is 1.60. The lowest BCUT2D eigenvalue weighted by atomic mass is 10.1. The molecule has 0 radical (unpaired) electrons. The highest BCUT2D eigenvalue weighted by Gasteiger charge is 2.33. The number of aromatic nitrogens is 2. The molecule has 6 heteroatoms. The lowest BCUT2D eigenvalue weighted by Gasteiger charge is -2.16. The second-order valence-corrected chi connectivity index (χ2v) is 4.39. The van der Waals surface area contributed by atoms with Crippen molar-refractivity contribution >= 4 is 11.6 Å². The van der Waals surface area contributed by atoms with Gasteiger partial charge in [0.05, 0.1) is 7.11 Å². The predicted molar refractivity (Wildman–Crippen MR) is 67.0 cm³/mol. The highest BCUT2D eigenvalue weighted by Crippen LogP contribution is 2.30. The minimum absolute atomic E-state index is 0.00616. The fourth-order valence-electron chi connectivity index (χ4n) is 2.25. The van der Waals surface area contributed by atoms with E-state index in [9.17, 15) is 4.79 Å². The smallest absolute Gasteiger partial charge is 0.227 e.